The van der Waals surface area contributed by atoms with Crippen LogP contribution < -0.4 is 5.32 Å². The van der Waals surface area contributed by atoms with Crippen molar-refractivity contribution in [3.63, 3.8) is 0 Å². The Morgan fingerprint density at radius 3 is 2.66 bits per heavy atom. The first-order valence-corrected chi connectivity index (χ1v) is 15.2. The number of rotatable bonds is 7. The molecule has 9 nitrogen and oxygen atoms in total. The molecule has 0 fully saturated rings. The number of carboxylic acid groups (broad SMARTS) is 1. The number of nitrogens with zero attached hydrogens (tertiary/aromatic N) is 1. The molecule has 1 aromatic heterocycles. The summed E-state index contributed by atoms with van der Waals surface area (Å²) in [7, 11) is -3.49. The van der Waals surface area contributed by atoms with E-state index < -0.39 is 27.8 Å². The zero-order valence-corrected chi connectivity index (χ0v) is 24.1. The molecule has 0 bridgehead atoms. The number of amides is 1. The van der Waals surface area contributed by atoms with E-state index in [-0.39, 0.29) is 26.9 Å². The average molecular weight is 615 g/mol. The summed E-state index contributed by atoms with van der Waals surface area (Å²) in [6.45, 7) is 0.818. The summed E-state index contributed by atoms with van der Waals surface area (Å²) < 4.78 is 29.2. The Kier molecular flexibility index (Phi) is 7.83. The van der Waals surface area contributed by atoms with Gasteiger partial charge in [-0.15, -0.1) is 0 Å². The first-order valence-electron chi connectivity index (χ1n) is 12.6. The lowest BCUT2D eigenvalue weighted by Crippen LogP contribution is -2.42. The summed E-state index contributed by atoms with van der Waals surface area (Å²) in [6, 6.07) is 13.6. The molecule has 2 heterocycles. The van der Waals surface area contributed by atoms with Gasteiger partial charge in [0.2, 0.25) is 0 Å². The van der Waals surface area contributed by atoms with Gasteiger partial charge in [0.25, 0.3) is 5.91 Å². The molecule has 0 unspecified atom stereocenters. The number of benzene rings is 3. The number of hydrogen-bond acceptors (Lipinski definition) is 6. The van der Waals surface area contributed by atoms with E-state index in [1.165, 1.54) is 18.2 Å². The predicted octanol–water partition coefficient (Wildman–Crippen LogP) is 4.95. The molecular formula is C29H25Cl2N3O6S. The number of furan rings is 1. The second-order valence-electron chi connectivity index (χ2n) is 9.87. The van der Waals surface area contributed by atoms with E-state index in [1.54, 1.807) is 18.4 Å². The third kappa shape index (κ3) is 5.95. The molecule has 1 aliphatic rings. The second kappa shape index (κ2) is 11.2. The quantitative estimate of drug-likeness (QED) is 0.198. The summed E-state index contributed by atoms with van der Waals surface area (Å²) in [5.41, 5.74) is 3.26. The second-order valence-corrected chi connectivity index (χ2v) is 12.7. The topological polar surface area (TPSA) is 141 Å². The van der Waals surface area contributed by atoms with Crippen molar-refractivity contribution >= 4 is 61.7 Å². The molecule has 1 amide bonds. The minimum absolute atomic E-state index is 0.0324. The van der Waals surface area contributed by atoms with Crippen LogP contribution in [0.4, 0.5) is 0 Å². The molecule has 0 saturated heterocycles. The Balaban J connectivity index is 1.35. The maximum atomic E-state index is 13.3. The van der Waals surface area contributed by atoms with Crippen LogP contribution in [-0.4, -0.2) is 55.0 Å². The largest absolute Gasteiger partial charge is 0.480 e. The van der Waals surface area contributed by atoms with E-state index in [1.807, 2.05) is 29.2 Å². The van der Waals surface area contributed by atoms with Crippen LogP contribution in [0.25, 0.3) is 11.0 Å². The molecule has 41 heavy (non-hydrogen) atoms. The van der Waals surface area contributed by atoms with Gasteiger partial charge < -0.3 is 19.7 Å². The van der Waals surface area contributed by atoms with Crippen molar-refractivity contribution in [1.29, 1.82) is 5.41 Å². The summed E-state index contributed by atoms with van der Waals surface area (Å²) in [5, 5.41) is 22.1. The van der Waals surface area contributed by atoms with Crippen LogP contribution in [0.3, 0.4) is 0 Å². The van der Waals surface area contributed by atoms with E-state index in [4.69, 9.17) is 33.0 Å². The molecule has 0 radical (unpaired) electrons. The van der Waals surface area contributed by atoms with Crippen molar-refractivity contribution in [2.75, 3.05) is 12.8 Å². The third-order valence-electron chi connectivity index (χ3n) is 7.05. The molecule has 5 rings (SSSR count). The number of fused-ring (bicyclic) bond motifs is 2. The lowest BCUT2D eigenvalue weighted by Gasteiger charge is -2.32. The van der Waals surface area contributed by atoms with Gasteiger partial charge in [0.15, 0.2) is 9.84 Å². The zero-order chi connectivity index (χ0) is 29.5. The van der Waals surface area contributed by atoms with Crippen LogP contribution in [0, 0.1) is 5.41 Å². The summed E-state index contributed by atoms with van der Waals surface area (Å²) >= 11 is 13.2. The van der Waals surface area contributed by atoms with E-state index in [2.05, 4.69) is 5.32 Å². The van der Waals surface area contributed by atoms with Gasteiger partial charge in [-0.1, -0.05) is 47.5 Å². The summed E-state index contributed by atoms with van der Waals surface area (Å²) in [6.07, 6.45) is 2.95. The normalized spacial score (nSPS) is 14.0. The summed E-state index contributed by atoms with van der Waals surface area (Å²) in [4.78, 5) is 27.2. The lowest BCUT2D eigenvalue weighted by molar-refractivity contribution is -0.139. The molecule has 1 atom stereocenters. The van der Waals surface area contributed by atoms with E-state index in [0.717, 1.165) is 17.2 Å². The Labute approximate surface area is 246 Å². The number of aliphatic carboxylic acids is 1. The van der Waals surface area contributed by atoms with E-state index in [9.17, 15) is 23.1 Å². The van der Waals surface area contributed by atoms with Gasteiger partial charge in [0.1, 0.15) is 17.5 Å². The Morgan fingerprint density at radius 1 is 1.15 bits per heavy atom. The molecule has 0 saturated carbocycles. The van der Waals surface area contributed by atoms with Crippen LogP contribution in [-0.2, 0) is 34.0 Å². The van der Waals surface area contributed by atoms with Crippen LogP contribution in [0.2, 0.25) is 10.0 Å². The maximum absolute atomic E-state index is 13.3. The first-order chi connectivity index (χ1) is 19.4. The number of halogens is 2. The SMILES string of the molecule is CS(=O)(=O)c1cccc(C[C@H](NC(=O)c2c(Cl)cc3c(c2Cl)CCN(C(=N)c2ccc4ccoc4c2)C3)C(=O)O)c1. The standard InChI is InChI=1S/C29H25Cl2N3O6S/c1-41(38,39)20-4-2-3-16(11-20)12-23(29(36)37)33-28(35)25-22(30)13-19-15-34(9-7-21(19)26(25)31)27(32)18-6-5-17-8-10-40-24(17)14-18/h2-6,8,10-11,13-14,23,32H,7,9,12,15H2,1H3,(H,33,35)(H,36,37)/t23-/m0/s1. The number of carbonyl (C=O) groups excluding carboxylic acids is 1. The van der Waals surface area contributed by atoms with Gasteiger partial charge in [-0.3, -0.25) is 10.2 Å². The smallest absolute Gasteiger partial charge is 0.326 e. The highest BCUT2D eigenvalue weighted by molar-refractivity contribution is 7.90. The van der Waals surface area contributed by atoms with Gasteiger partial charge in [-0.25, -0.2) is 13.2 Å². The minimum atomic E-state index is -3.49. The van der Waals surface area contributed by atoms with Gasteiger partial charge in [0.05, 0.1) is 26.8 Å². The molecule has 212 valence electrons. The van der Waals surface area contributed by atoms with Gasteiger partial charge in [-0.05, 0) is 53.4 Å². The van der Waals surface area contributed by atoms with Crippen LogP contribution in [0.15, 0.2) is 70.2 Å². The van der Waals surface area contributed by atoms with Crippen molar-refractivity contribution in [3.8, 4) is 0 Å². The fraction of sp³-hybridized carbons (Fsp3) is 0.207. The molecule has 12 heteroatoms. The van der Waals surface area contributed by atoms with E-state index >= 15 is 0 Å². The molecule has 0 aliphatic carbocycles. The molecule has 3 aromatic carbocycles. The first kappa shape index (κ1) is 28.7. The molecule has 0 spiro atoms. The van der Waals surface area contributed by atoms with E-state index in [0.29, 0.717) is 47.6 Å². The zero-order valence-electron chi connectivity index (χ0n) is 21.8. The number of carbonyl (C=O) groups is 2. The van der Waals surface area contributed by atoms with Crippen LogP contribution >= 0.6 is 23.2 Å². The summed E-state index contributed by atoms with van der Waals surface area (Å²) in [5.74, 6) is -1.74. The monoisotopic (exact) mass is 613 g/mol. The van der Waals surface area contributed by atoms with Crippen molar-refractivity contribution in [2.45, 2.75) is 30.3 Å². The van der Waals surface area contributed by atoms with Crippen molar-refractivity contribution in [2.24, 2.45) is 0 Å². The molecule has 3 N–H and O–H groups in total. The Hall–Kier alpha value is -3.86. The molecular weight excluding hydrogens is 589 g/mol. The molecule has 1 aliphatic heterocycles. The van der Waals surface area contributed by atoms with Crippen LogP contribution in [0.1, 0.15) is 32.6 Å². The Morgan fingerprint density at radius 2 is 1.93 bits per heavy atom. The highest BCUT2D eigenvalue weighted by Crippen LogP contribution is 2.35. The van der Waals surface area contributed by atoms with Gasteiger partial charge in [0, 0.05) is 36.7 Å². The predicted molar refractivity (Wildman–Crippen MR) is 156 cm³/mol. The van der Waals surface area contributed by atoms with Crippen molar-refractivity contribution < 1.29 is 27.5 Å². The number of carboxylic acids is 1. The highest BCUT2D eigenvalue weighted by atomic mass is 35.5. The van der Waals surface area contributed by atoms with Gasteiger partial charge in [-0.2, -0.15) is 0 Å². The fourth-order valence-corrected chi connectivity index (χ4v) is 6.36. The lowest BCUT2D eigenvalue weighted by atomic mass is 9.95. The Bertz CT molecular complexity index is 1820. The highest BCUT2D eigenvalue weighted by Gasteiger charge is 2.29. The van der Waals surface area contributed by atoms with Crippen molar-refractivity contribution in [1.82, 2.24) is 10.2 Å². The number of amidine groups is 1. The number of sulfone groups is 1. The average Bonchev–Trinajstić information content (AvgIpc) is 3.39. The van der Waals surface area contributed by atoms with Crippen LogP contribution in [0.5, 0.6) is 0 Å². The van der Waals surface area contributed by atoms with Gasteiger partial charge >= 0.3 is 5.97 Å². The van der Waals surface area contributed by atoms with Crippen molar-refractivity contribution in [3.05, 3.63) is 98.7 Å². The fourth-order valence-electron chi connectivity index (χ4n) is 4.90. The number of nitrogens with one attached hydrogen (secondary N) is 2. The number of hydrogen-bond donors (Lipinski definition) is 3. The molecule has 4 aromatic rings. The maximum Gasteiger partial charge on any atom is 0.326 e. The third-order valence-corrected chi connectivity index (χ3v) is 8.87. The minimum Gasteiger partial charge on any atom is -0.480 e.